The van der Waals surface area contributed by atoms with Crippen molar-refractivity contribution in [3.8, 4) is 0 Å². The Balaban J connectivity index is 0.00000484. The monoisotopic (exact) mass is 427 g/mol. The molecule has 0 radical (unpaired) electrons. The number of carbonyl (C=O) groups excluding carboxylic acids is 1. The van der Waals surface area contributed by atoms with Crippen molar-refractivity contribution in [1.29, 1.82) is 0 Å². The van der Waals surface area contributed by atoms with Crippen molar-refractivity contribution in [3.63, 3.8) is 0 Å². The molecular formula is C14H23BrClN3O3S. The zero-order valence-electron chi connectivity index (χ0n) is 13.4. The summed E-state index contributed by atoms with van der Waals surface area (Å²) in [6.45, 7) is 6.91. The number of amides is 1. The minimum atomic E-state index is -3.58. The Labute approximate surface area is 152 Å². The summed E-state index contributed by atoms with van der Waals surface area (Å²) in [5.74, 6) is -0.212. The van der Waals surface area contributed by atoms with Gasteiger partial charge in [-0.15, -0.1) is 12.4 Å². The lowest BCUT2D eigenvalue weighted by Gasteiger charge is -2.13. The van der Waals surface area contributed by atoms with Gasteiger partial charge in [-0.05, 0) is 53.5 Å². The summed E-state index contributed by atoms with van der Waals surface area (Å²) in [5, 5.41) is 5.78. The van der Waals surface area contributed by atoms with Crippen LogP contribution in [0.15, 0.2) is 21.5 Å². The molecule has 0 aliphatic heterocycles. The van der Waals surface area contributed by atoms with Crippen molar-refractivity contribution < 1.29 is 13.2 Å². The molecule has 1 amide bonds. The van der Waals surface area contributed by atoms with E-state index in [1.54, 1.807) is 13.0 Å². The predicted octanol–water partition coefficient (Wildman–Crippen LogP) is 2.42. The molecule has 0 bridgehead atoms. The van der Waals surface area contributed by atoms with Gasteiger partial charge in [0.15, 0.2) is 0 Å². The molecule has 0 aliphatic rings. The van der Waals surface area contributed by atoms with Gasteiger partial charge in [0.25, 0.3) is 0 Å². The van der Waals surface area contributed by atoms with E-state index in [2.05, 4.69) is 38.2 Å². The maximum atomic E-state index is 12.3. The Morgan fingerprint density at radius 2 is 1.87 bits per heavy atom. The van der Waals surface area contributed by atoms with Crippen LogP contribution in [0.4, 0.5) is 5.69 Å². The fraction of sp³-hybridized carbons (Fsp3) is 0.500. The molecule has 0 saturated carbocycles. The lowest BCUT2D eigenvalue weighted by molar-refractivity contribution is -0.114. The van der Waals surface area contributed by atoms with Gasteiger partial charge in [-0.2, -0.15) is 0 Å². The lowest BCUT2D eigenvalue weighted by atomic mass is 10.2. The van der Waals surface area contributed by atoms with Crippen LogP contribution in [0.1, 0.15) is 25.8 Å². The zero-order chi connectivity index (χ0) is 16.8. The van der Waals surface area contributed by atoms with Gasteiger partial charge < -0.3 is 10.6 Å². The molecule has 132 valence electrons. The number of hydrogen-bond acceptors (Lipinski definition) is 4. The molecule has 9 heteroatoms. The van der Waals surface area contributed by atoms with Gasteiger partial charge in [-0.1, -0.05) is 6.92 Å². The fourth-order valence-electron chi connectivity index (χ4n) is 1.89. The summed E-state index contributed by atoms with van der Waals surface area (Å²) in [4.78, 5) is 11.3. The Bertz CT molecular complexity index is 638. The molecule has 0 fully saturated rings. The van der Waals surface area contributed by atoms with E-state index in [9.17, 15) is 13.2 Å². The molecular weight excluding hydrogens is 406 g/mol. The van der Waals surface area contributed by atoms with E-state index >= 15 is 0 Å². The van der Waals surface area contributed by atoms with Crippen molar-refractivity contribution in [2.75, 3.05) is 25.0 Å². The third-order valence-corrected chi connectivity index (χ3v) is 5.14. The molecule has 0 spiro atoms. The summed E-state index contributed by atoms with van der Waals surface area (Å²) >= 11 is 3.29. The number of rotatable bonds is 8. The molecule has 23 heavy (non-hydrogen) atoms. The SMILES string of the molecule is CCCNCCNS(=O)(=O)c1cc(Br)c(NC(C)=O)cc1C.Cl. The maximum absolute atomic E-state index is 12.3. The highest BCUT2D eigenvalue weighted by Crippen LogP contribution is 2.28. The molecule has 1 aromatic carbocycles. The minimum Gasteiger partial charge on any atom is -0.325 e. The maximum Gasteiger partial charge on any atom is 0.240 e. The van der Waals surface area contributed by atoms with Crippen LogP contribution in [0.2, 0.25) is 0 Å². The van der Waals surface area contributed by atoms with Gasteiger partial charge >= 0.3 is 0 Å². The molecule has 1 rings (SSSR count). The van der Waals surface area contributed by atoms with Crippen LogP contribution in [0.3, 0.4) is 0 Å². The van der Waals surface area contributed by atoms with Gasteiger partial charge in [0.2, 0.25) is 15.9 Å². The largest absolute Gasteiger partial charge is 0.325 e. The number of benzene rings is 1. The average molecular weight is 429 g/mol. The highest BCUT2D eigenvalue weighted by atomic mass is 79.9. The van der Waals surface area contributed by atoms with E-state index in [0.717, 1.165) is 13.0 Å². The quantitative estimate of drug-likeness (QED) is 0.555. The molecule has 0 aromatic heterocycles. The Hall–Kier alpha value is -0.670. The molecule has 3 N–H and O–H groups in total. The molecule has 6 nitrogen and oxygen atoms in total. The number of hydrogen-bond donors (Lipinski definition) is 3. The number of anilines is 1. The first kappa shape index (κ1) is 22.3. The number of aryl methyl sites for hydroxylation is 1. The van der Waals surface area contributed by atoms with Crippen LogP contribution >= 0.6 is 28.3 Å². The number of carbonyl (C=O) groups is 1. The van der Waals surface area contributed by atoms with Crippen molar-refractivity contribution >= 4 is 50.0 Å². The lowest BCUT2D eigenvalue weighted by Crippen LogP contribution is -2.32. The average Bonchev–Trinajstić information content (AvgIpc) is 2.41. The first-order valence-corrected chi connectivity index (χ1v) is 9.33. The van der Waals surface area contributed by atoms with Gasteiger partial charge in [-0.25, -0.2) is 13.1 Å². The van der Waals surface area contributed by atoms with E-state index < -0.39 is 10.0 Å². The third-order valence-electron chi connectivity index (χ3n) is 2.89. The number of sulfonamides is 1. The minimum absolute atomic E-state index is 0. The van der Waals surface area contributed by atoms with Gasteiger partial charge in [0.05, 0.1) is 10.6 Å². The highest BCUT2D eigenvalue weighted by molar-refractivity contribution is 9.10. The Morgan fingerprint density at radius 3 is 2.43 bits per heavy atom. The smallest absolute Gasteiger partial charge is 0.240 e. The van der Waals surface area contributed by atoms with Crippen molar-refractivity contribution in [2.24, 2.45) is 0 Å². The number of nitrogens with one attached hydrogen (secondary N) is 3. The second kappa shape index (κ2) is 10.2. The topological polar surface area (TPSA) is 87.3 Å². The summed E-state index contributed by atoms with van der Waals surface area (Å²) in [5.41, 5.74) is 1.12. The predicted molar refractivity (Wildman–Crippen MR) is 98.8 cm³/mol. The van der Waals surface area contributed by atoms with Crippen LogP contribution in [0.25, 0.3) is 0 Å². The van der Waals surface area contributed by atoms with Crippen molar-refractivity contribution in [1.82, 2.24) is 10.0 Å². The van der Waals surface area contributed by atoms with Gasteiger partial charge in [0, 0.05) is 24.5 Å². The third kappa shape index (κ3) is 7.17. The molecule has 0 saturated heterocycles. The first-order valence-electron chi connectivity index (χ1n) is 7.06. The summed E-state index contributed by atoms with van der Waals surface area (Å²) in [6.07, 6.45) is 1.00. The van der Waals surface area contributed by atoms with Crippen molar-refractivity contribution in [3.05, 3.63) is 22.2 Å². The number of halogens is 2. The molecule has 0 heterocycles. The van der Waals surface area contributed by atoms with Gasteiger partial charge in [-0.3, -0.25) is 4.79 Å². The first-order chi connectivity index (χ1) is 10.3. The van der Waals surface area contributed by atoms with Crippen molar-refractivity contribution in [2.45, 2.75) is 32.1 Å². The van der Waals surface area contributed by atoms with Crippen LogP contribution in [0, 0.1) is 6.92 Å². The fourth-order valence-corrected chi connectivity index (χ4v) is 3.77. The molecule has 0 unspecified atom stereocenters. The highest BCUT2D eigenvalue weighted by Gasteiger charge is 2.18. The van der Waals surface area contributed by atoms with E-state index in [4.69, 9.17) is 0 Å². The molecule has 0 aliphatic carbocycles. The van der Waals surface area contributed by atoms with E-state index in [-0.39, 0.29) is 23.2 Å². The summed E-state index contributed by atoms with van der Waals surface area (Å²) < 4.78 is 27.7. The van der Waals surface area contributed by atoms with E-state index in [0.29, 0.717) is 28.8 Å². The zero-order valence-corrected chi connectivity index (χ0v) is 16.6. The summed E-state index contributed by atoms with van der Waals surface area (Å²) in [7, 11) is -3.58. The Kier molecular flexibility index (Phi) is 9.95. The van der Waals surface area contributed by atoms with Crippen LogP contribution in [0.5, 0.6) is 0 Å². The normalized spacial score (nSPS) is 11.0. The Morgan fingerprint density at radius 1 is 1.22 bits per heavy atom. The van der Waals surface area contributed by atoms with E-state index in [1.165, 1.54) is 13.0 Å². The summed E-state index contributed by atoms with van der Waals surface area (Å²) in [6, 6.07) is 3.14. The van der Waals surface area contributed by atoms with Crippen LogP contribution < -0.4 is 15.4 Å². The standard InChI is InChI=1S/C14H22BrN3O3S.ClH/c1-4-5-16-6-7-17-22(20,21)14-9-12(15)13(8-10(14)2)18-11(3)19;/h8-9,16-17H,4-7H2,1-3H3,(H,18,19);1H. The van der Waals surface area contributed by atoms with Crippen LogP contribution in [-0.2, 0) is 14.8 Å². The van der Waals surface area contributed by atoms with Crippen LogP contribution in [-0.4, -0.2) is 34.0 Å². The van der Waals surface area contributed by atoms with Gasteiger partial charge in [0.1, 0.15) is 0 Å². The van der Waals surface area contributed by atoms with E-state index in [1.807, 2.05) is 0 Å². The second-order valence-electron chi connectivity index (χ2n) is 4.93. The molecule has 1 aromatic rings. The molecule has 0 atom stereocenters. The second-order valence-corrected chi connectivity index (χ2v) is 7.52.